The van der Waals surface area contributed by atoms with Crippen molar-refractivity contribution in [3.63, 3.8) is 0 Å². The number of ketones is 1. The zero-order valence-corrected chi connectivity index (χ0v) is 17.1. The minimum absolute atomic E-state index is 0.0241. The van der Waals surface area contributed by atoms with E-state index in [-0.39, 0.29) is 11.7 Å². The minimum atomic E-state index is 0.0241. The molecule has 6 nitrogen and oxygen atoms in total. The van der Waals surface area contributed by atoms with Gasteiger partial charge in [0.05, 0.1) is 10.6 Å². The fraction of sp³-hybridized carbons (Fsp3) is 0.500. The van der Waals surface area contributed by atoms with Gasteiger partial charge in [-0.1, -0.05) is 11.3 Å². The number of nitrogens with zero attached hydrogens (tertiary/aromatic N) is 1. The summed E-state index contributed by atoms with van der Waals surface area (Å²) in [6.07, 6.45) is 1.55. The summed E-state index contributed by atoms with van der Waals surface area (Å²) in [6.45, 7) is 8.87. The first kappa shape index (κ1) is 21.3. The molecule has 1 aromatic heterocycles. The Bertz CT molecular complexity index is 753. The molecule has 0 amide bonds. The summed E-state index contributed by atoms with van der Waals surface area (Å²) in [6, 6.07) is 5.51. The molecule has 2 heterocycles. The Morgan fingerprint density at radius 3 is 2.41 bits per heavy atom. The number of anilines is 2. The Morgan fingerprint density at radius 2 is 1.89 bits per heavy atom. The van der Waals surface area contributed by atoms with Crippen molar-refractivity contribution in [3.05, 3.63) is 29.5 Å². The lowest BCUT2D eigenvalue weighted by atomic mass is 9.90. The van der Waals surface area contributed by atoms with Crippen LogP contribution in [0.2, 0.25) is 0 Å². The number of nitrogen functional groups attached to an aromatic ring is 2. The Kier molecular flexibility index (Phi) is 8.22. The van der Waals surface area contributed by atoms with E-state index in [1.165, 1.54) is 11.3 Å². The predicted molar refractivity (Wildman–Crippen MR) is 111 cm³/mol. The van der Waals surface area contributed by atoms with Gasteiger partial charge in [-0.3, -0.25) is 4.79 Å². The molecule has 0 aliphatic carbocycles. The molecule has 27 heavy (non-hydrogen) atoms. The number of thiazole rings is 1. The molecule has 2 aromatic rings. The highest BCUT2D eigenvalue weighted by molar-refractivity contribution is 7.18. The van der Waals surface area contributed by atoms with Gasteiger partial charge < -0.3 is 20.9 Å². The molecule has 0 radical (unpaired) electrons. The largest absolute Gasteiger partial charge is 0.399 e. The normalized spacial score (nSPS) is 14.5. The van der Waals surface area contributed by atoms with Crippen molar-refractivity contribution in [1.82, 2.24) is 4.98 Å². The topological polar surface area (TPSA) is 100 Å². The van der Waals surface area contributed by atoms with Crippen LogP contribution >= 0.6 is 11.3 Å². The maximum atomic E-state index is 12.7. The second-order valence-electron chi connectivity index (χ2n) is 6.34. The first-order valence-electron chi connectivity index (χ1n) is 9.29. The molecule has 7 heteroatoms. The standard InChI is InChI=1S/C16H19N3O2S.C4H10O/c1-9-15(22-16(18)19-9)12-6-11(7-13(17)8-12)14(20)10-2-4-21-5-3-10;1-3-5-4-2/h6-8,10H,2-5,17H2,1H3,(H2,18,19);3-4H2,1-2H3. The summed E-state index contributed by atoms with van der Waals surface area (Å²) in [4.78, 5) is 17.9. The molecule has 148 valence electrons. The monoisotopic (exact) mass is 391 g/mol. The second kappa shape index (κ2) is 10.4. The molecular formula is C20H29N3O3S. The predicted octanol–water partition coefficient (Wildman–Crippen LogP) is 3.94. The molecule has 0 saturated carbocycles. The number of carbonyl (C=O) groups excluding carboxylic acids is 1. The van der Waals surface area contributed by atoms with Gasteiger partial charge in [-0.15, -0.1) is 0 Å². The maximum Gasteiger partial charge on any atom is 0.180 e. The second-order valence-corrected chi connectivity index (χ2v) is 7.37. The first-order valence-corrected chi connectivity index (χ1v) is 10.1. The van der Waals surface area contributed by atoms with Gasteiger partial charge in [0.25, 0.3) is 0 Å². The lowest BCUT2D eigenvalue weighted by Crippen LogP contribution is -2.23. The summed E-state index contributed by atoms with van der Waals surface area (Å²) >= 11 is 1.41. The highest BCUT2D eigenvalue weighted by atomic mass is 32.1. The van der Waals surface area contributed by atoms with Gasteiger partial charge in [0.2, 0.25) is 0 Å². The summed E-state index contributed by atoms with van der Waals surface area (Å²) in [7, 11) is 0. The Morgan fingerprint density at radius 1 is 1.22 bits per heavy atom. The molecule has 1 fully saturated rings. The first-order chi connectivity index (χ1) is 13.0. The quantitative estimate of drug-likeness (QED) is 0.591. The van der Waals surface area contributed by atoms with E-state index in [9.17, 15) is 4.79 Å². The van der Waals surface area contributed by atoms with Gasteiger partial charge in [0, 0.05) is 43.6 Å². The highest BCUT2D eigenvalue weighted by Gasteiger charge is 2.23. The van der Waals surface area contributed by atoms with E-state index in [0.717, 1.165) is 42.2 Å². The molecule has 3 rings (SSSR count). The molecule has 0 spiro atoms. The average Bonchev–Trinajstić information content (AvgIpc) is 3.01. The van der Waals surface area contributed by atoms with Crippen LogP contribution in [0, 0.1) is 12.8 Å². The summed E-state index contributed by atoms with van der Waals surface area (Å²) in [5, 5.41) is 0.521. The number of hydrogen-bond acceptors (Lipinski definition) is 7. The van der Waals surface area contributed by atoms with Gasteiger partial charge >= 0.3 is 0 Å². The molecule has 0 unspecified atom stereocenters. The third kappa shape index (κ3) is 6.02. The summed E-state index contributed by atoms with van der Waals surface area (Å²) in [5.74, 6) is 0.169. The molecule has 0 atom stereocenters. The minimum Gasteiger partial charge on any atom is -0.399 e. The molecule has 1 saturated heterocycles. The smallest absolute Gasteiger partial charge is 0.180 e. The van der Waals surface area contributed by atoms with E-state index in [1.807, 2.05) is 32.9 Å². The number of hydrogen-bond donors (Lipinski definition) is 2. The zero-order chi connectivity index (χ0) is 19.8. The number of aryl methyl sites for hydroxylation is 1. The third-order valence-electron chi connectivity index (χ3n) is 4.32. The van der Waals surface area contributed by atoms with Crippen molar-refractivity contribution in [2.45, 2.75) is 33.6 Å². The maximum absolute atomic E-state index is 12.7. The van der Waals surface area contributed by atoms with Crippen molar-refractivity contribution in [2.75, 3.05) is 37.9 Å². The summed E-state index contributed by atoms with van der Waals surface area (Å²) < 4.78 is 10.2. The van der Waals surface area contributed by atoms with Crippen molar-refractivity contribution in [3.8, 4) is 10.4 Å². The van der Waals surface area contributed by atoms with Crippen molar-refractivity contribution < 1.29 is 14.3 Å². The molecule has 4 N–H and O–H groups in total. The average molecular weight is 392 g/mol. The van der Waals surface area contributed by atoms with Crippen molar-refractivity contribution in [2.24, 2.45) is 5.92 Å². The van der Waals surface area contributed by atoms with Crippen LogP contribution < -0.4 is 11.5 Å². The van der Waals surface area contributed by atoms with Crippen LogP contribution in [0.15, 0.2) is 18.2 Å². The van der Waals surface area contributed by atoms with Crippen LogP contribution in [-0.4, -0.2) is 37.2 Å². The molecule has 1 aliphatic rings. The molecule has 1 aliphatic heterocycles. The van der Waals surface area contributed by atoms with E-state index in [0.29, 0.717) is 29.6 Å². The van der Waals surface area contributed by atoms with Crippen LogP contribution in [0.3, 0.4) is 0 Å². The van der Waals surface area contributed by atoms with Gasteiger partial charge in [0.15, 0.2) is 10.9 Å². The van der Waals surface area contributed by atoms with E-state index >= 15 is 0 Å². The number of benzene rings is 1. The van der Waals surface area contributed by atoms with Gasteiger partial charge in [-0.2, -0.15) is 0 Å². The van der Waals surface area contributed by atoms with Crippen LogP contribution in [-0.2, 0) is 9.47 Å². The lowest BCUT2D eigenvalue weighted by Gasteiger charge is -2.21. The molecule has 0 bridgehead atoms. The van der Waals surface area contributed by atoms with Crippen LogP contribution in [0.5, 0.6) is 0 Å². The van der Waals surface area contributed by atoms with E-state index < -0.39 is 0 Å². The highest BCUT2D eigenvalue weighted by Crippen LogP contribution is 2.34. The van der Waals surface area contributed by atoms with Crippen LogP contribution in [0.1, 0.15) is 42.7 Å². The van der Waals surface area contributed by atoms with Crippen molar-refractivity contribution >= 4 is 27.9 Å². The lowest BCUT2D eigenvalue weighted by molar-refractivity contribution is 0.0545. The fourth-order valence-corrected chi connectivity index (χ4v) is 3.83. The number of carbonyl (C=O) groups is 1. The molecule has 1 aromatic carbocycles. The van der Waals surface area contributed by atoms with Crippen LogP contribution in [0.4, 0.5) is 10.8 Å². The number of ether oxygens (including phenoxy) is 2. The number of nitrogens with two attached hydrogens (primary N) is 2. The molecular weight excluding hydrogens is 362 g/mol. The van der Waals surface area contributed by atoms with E-state index in [1.54, 1.807) is 6.07 Å². The number of rotatable bonds is 5. The van der Waals surface area contributed by atoms with Gasteiger partial charge in [-0.05, 0) is 57.4 Å². The SMILES string of the molecule is CCOCC.Cc1nc(N)sc1-c1cc(N)cc(C(=O)C2CCOCC2)c1. The van der Waals surface area contributed by atoms with E-state index in [2.05, 4.69) is 4.98 Å². The van der Waals surface area contributed by atoms with Crippen LogP contribution in [0.25, 0.3) is 10.4 Å². The number of aromatic nitrogens is 1. The Labute approximate surface area is 164 Å². The third-order valence-corrected chi connectivity index (χ3v) is 5.35. The fourth-order valence-electron chi connectivity index (χ4n) is 3.01. The number of Topliss-reactive ketones (excluding diaryl/α,β-unsaturated/α-hetero) is 1. The van der Waals surface area contributed by atoms with Gasteiger partial charge in [-0.25, -0.2) is 4.98 Å². The Balaban J connectivity index is 0.000000465. The van der Waals surface area contributed by atoms with Gasteiger partial charge in [0.1, 0.15) is 0 Å². The van der Waals surface area contributed by atoms with E-state index in [4.69, 9.17) is 20.9 Å². The zero-order valence-electron chi connectivity index (χ0n) is 16.3. The Hall–Kier alpha value is -1.96. The summed E-state index contributed by atoms with van der Waals surface area (Å²) in [5.41, 5.74) is 14.8. The van der Waals surface area contributed by atoms with Crippen molar-refractivity contribution in [1.29, 1.82) is 0 Å².